The first-order valence-corrected chi connectivity index (χ1v) is 15.0. The van der Waals surface area contributed by atoms with Gasteiger partial charge in [-0.25, -0.2) is 0 Å². The van der Waals surface area contributed by atoms with Crippen LogP contribution in [-0.2, 0) is 22.4 Å². The summed E-state index contributed by atoms with van der Waals surface area (Å²) in [5, 5.41) is 2.98. The first-order chi connectivity index (χ1) is 21.0. The summed E-state index contributed by atoms with van der Waals surface area (Å²) in [6.07, 6.45) is 4.28. The van der Waals surface area contributed by atoms with Crippen molar-refractivity contribution in [1.82, 2.24) is 10.2 Å². The van der Waals surface area contributed by atoms with Crippen LogP contribution in [0.3, 0.4) is 0 Å². The zero-order valence-corrected chi connectivity index (χ0v) is 26.3. The molecule has 10 heteroatoms. The first kappa shape index (κ1) is 33.0. The van der Waals surface area contributed by atoms with E-state index in [2.05, 4.69) is 5.32 Å². The van der Waals surface area contributed by atoms with E-state index < -0.39 is 0 Å². The number of unbranched alkanes of at least 4 members (excludes halogenated alkanes) is 1. The molecule has 3 aromatic carbocycles. The number of benzene rings is 3. The molecule has 0 saturated heterocycles. The quantitative estimate of drug-likeness (QED) is 0.356. The third-order valence-electron chi connectivity index (χ3n) is 7.99. The van der Waals surface area contributed by atoms with Gasteiger partial charge in [-0.3, -0.25) is 9.59 Å². The predicted octanol–water partition coefficient (Wildman–Crippen LogP) is 5.35. The molecule has 1 unspecified atom stereocenters. The Hall–Kier alpha value is -3.95. The molecule has 0 fully saturated rings. The minimum Gasteiger partial charge on any atom is -0.493 e. The van der Waals surface area contributed by atoms with Gasteiger partial charge in [0.05, 0.1) is 26.9 Å². The summed E-state index contributed by atoms with van der Waals surface area (Å²) in [5.74, 6) is 3.12. The van der Waals surface area contributed by atoms with E-state index in [0.29, 0.717) is 87.1 Å². The standard InChI is InChI=1S/C34H41N3O6.ClH/c1-40-28-12-11-25-21-30(28)42-18-6-16-36-32(38)13-10-23-7-5-8-26(19-23)43-31-20-24-14-17-37(33(39)9-3-4-15-35)34(25)27(24)22-29(31)41-2;/h5,7-8,11-12,19-22,34H,3-4,6,9-10,13-18,35H2,1-2H3,(H,36,38);1H. The van der Waals surface area contributed by atoms with Gasteiger partial charge in [-0.05, 0) is 97.3 Å². The van der Waals surface area contributed by atoms with Crippen molar-refractivity contribution >= 4 is 24.2 Å². The Bertz CT molecular complexity index is 1450. The average Bonchev–Trinajstić information content (AvgIpc) is 3.02. The number of carbonyl (C=O) groups is 2. The van der Waals surface area contributed by atoms with Gasteiger partial charge in [0.15, 0.2) is 23.0 Å². The number of hydrogen-bond donors (Lipinski definition) is 2. The second-order valence-corrected chi connectivity index (χ2v) is 10.9. The molecule has 1 atom stereocenters. The molecule has 0 saturated carbocycles. The van der Waals surface area contributed by atoms with Crippen LogP contribution in [0.4, 0.5) is 0 Å². The topological polar surface area (TPSA) is 112 Å². The number of halogens is 1. The zero-order chi connectivity index (χ0) is 30.2. The number of hydrogen-bond acceptors (Lipinski definition) is 7. The average molecular weight is 624 g/mol. The Morgan fingerprint density at radius 1 is 1.00 bits per heavy atom. The van der Waals surface area contributed by atoms with E-state index in [1.165, 1.54) is 0 Å². The number of amides is 2. The summed E-state index contributed by atoms with van der Waals surface area (Å²) in [5.41, 5.74) is 9.71. The lowest BCUT2D eigenvalue weighted by Gasteiger charge is -2.38. The molecule has 2 amide bonds. The van der Waals surface area contributed by atoms with Gasteiger partial charge in [0, 0.05) is 25.9 Å². The van der Waals surface area contributed by atoms with Crippen molar-refractivity contribution in [3.05, 3.63) is 76.9 Å². The highest BCUT2D eigenvalue weighted by Gasteiger charge is 2.34. The van der Waals surface area contributed by atoms with Crippen molar-refractivity contribution in [2.75, 3.05) is 40.5 Å². The summed E-state index contributed by atoms with van der Waals surface area (Å²) in [7, 11) is 3.23. The maximum Gasteiger partial charge on any atom is 0.223 e. The summed E-state index contributed by atoms with van der Waals surface area (Å²) in [6, 6.07) is 17.3. The molecule has 3 heterocycles. The third kappa shape index (κ3) is 7.76. The second-order valence-electron chi connectivity index (χ2n) is 10.9. The van der Waals surface area contributed by atoms with Crippen LogP contribution in [0.5, 0.6) is 28.7 Å². The summed E-state index contributed by atoms with van der Waals surface area (Å²) in [4.78, 5) is 28.1. The number of carbonyl (C=O) groups excluding carboxylic acids is 2. The van der Waals surface area contributed by atoms with Crippen molar-refractivity contribution in [2.45, 2.75) is 51.0 Å². The predicted molar refractivity (Wildman–Crippen MR) is 171 cm³/mol. The fourth-order valence-corrected chi connectivity index (χ4v) is 5.75. The monoisotopic (exact) mass is 623 g/mol. The van der Waals surface area contributed by atoms with Gasteiger partial charge in [0.1, 0.15) is 5.75 Å². The number of fused-ring (bicyclic) bond motifs is 8. The molecule has 3 aliphatic rings. The van der Waals surface area contributed by atoms with Crippen molar-refractivity contribution in [3.8, 4) is 28.7 Å². The van der Waals surface area contributed by atoms with Crippen LogP contribution in [0, 0.1) is 0 Å². The van der Waals surface area contributed by atoms with E-state index in [9.17, 15) is 9.59 Å². The molecule has 0 radical (unpaired) electrons. The number of nitrogens with one attached hydrogen (secondary N) is 1. The fraction of sp³-hybridized carbons (Fsp3) is 0.412. The van der Waals surface area contributed by atoms with E-state index in [1.807, 2.05) is 59.5 Å². The van der Waals surface area contributed by atoms with Crippen LogP contribution < -0.4 is 30.0 Å². The molecule has 0 aliphatic carbocycles. The highest BCUT2D eigenvalue weighted by atomic mass is 35.5. The van der Waals surface area contributed by atoms with E-state index in [4.69, 9.17) is 24.7 Å². The molecule has 6 rings (SSSR count). The SMILES string of the molecule is COc1ccc2cc1OCCCNC(=O)CCc1cccc(c1)Oc1cc3c(cc1OC)C2N(C(=O)CCCCN)CC3.Cl. The molecule has 0 aromatic heterocycles. The largest absolute Gasteiger partial charge is 0.493 e. The highest BCUT2D eigenvalue weighted by Crippen LogP contribution is 2.44. The minimum atomic E-state index is -0.349. The van der Waals surface area contributed by atoms with Gasteiger partial charge in [0.25, 0.3) is 0 Å². The summed E-state index contributed by atoms with van der Waals surface area (Å²) in [6.45, 7) is 2.04. The van der Waals surface area contributed by atoms with Gasteiger partial charge >= 0.3 is 0 Å². The van der Waals surface area contributed by atoms with Crippen molar-refractivity contribution in [1.29, 1.82) is 0 Å². The third-order valence-corrected chi connectivity index (χ3v) is 7.99. The lowest BCUT2D eigenvalue weighted by molar-refractivity contribution is -0.133. The van der Waals surface area contributed by atoms with Crippen LogP contribution in [0.2, 0.25) is 0 Å². The number of nitrogens with zero attached hydrogens (tertiary/aromatic N) is 1. The summed E-state index contributed by atoms with van der Waals surface area (Å²) < 4.78 is 24.0. The number of methoxy groups -OCH3 is 2. The second kappa shape index (κ2) is 15.7. The van der Waals surface area contributed by atoms with Crippen LogP contribution in [-0.4, -0.2) is 57.2 Å². The minimum absolute atomic E-state index is 0. The number of aryl methyl sites for hydroxylation is 1. The molecule has 3 N–H and O–H groups in total. The van der Waals surface area contributed by atoms with E-state index in [1.54, 1.807) is 14.2 Å². The van der Waals surface area contributed by atoms with Crippen LogP contribution in [0.1, 0.15) is 60.4 Å². The summed E-state index contributed by atoms with van der Waals surface area (Å²) >= 11 is 0. The molecular formula is C34H42ClN3O6. The van der Waals surface area contributed by atoms with Crippen LogP contribution in [0.15, 0.2) is 54.6 Å². The van der Waals surface area contributed by atoms with Gasteiger partial charge in [0.2, 0.25) is 11.8 Å². The van der Waals surface area contributed by atoms with Crippen molar-refractivity contribution < 1.29 is 28.5 Å². The fourth-order valence-electron chi connectivity index (χ4n) is 5.75. The highest BCUT2D eigenvalue weighted by molar-refractivity contribution is 5.85. The molecule has 3 aromatic rings. The first-order valence-electron chi connectivity index (χ1n) is 15.0. The molecule has 3 aliphatic heterocycles. The molecule has 236 valence electrons. The Labute approximate surface area is 265 Å². The van der Waals surface area contributed by atoms with Crippen molar-refractivity contribution in [3.63, 3.8) is 0 Å². The van der Waals surface area contributed by atoms with Gasteiger partial charge in [-0.1, -0.05) is 18.2 Å². The lowest BCUT2D eigenvalue weighted by Crippen LogP contribution is -2.40. The Balaban J connectivity index is 0.00000442. The lowest BCUT2D eigenvalue weighted by atomic mass is 9.87. The van der Waals surface area contributed by atoms with E-state index in [-0.39, 0.29) is 30.3 Å². The Kier molecular flexibility index (Phi) is 11.7. The van der Waals surface area contributed by atoms with Crippen molar-refractivity contribution in [2.24, 2.45) is 5.73 Å². The molecule has 0 spiro atoms. The van der Waals surface area contributed by atoms with E-state index in [0.717, 1.165) is 35.1 Å². The molecule has 9 nitrogen and oxygen atoms in total. The molecule has 44 heavy (non-hydrogen) atoms. The van der Waals surface area contributed by atoms with Gasteiger partial charge in [-0.15, -0.1) is 12.4 Å². The smallest absolute Gasteiger partial charge is 0.223 e. The Morgan fingerprint density at radius 3 is 2.64 bits per heavy atom. The molecular weight excluding hydrogens is 582 g/mol. The number of ether oxygens (including phenoxy) is 4. The van der Waals surface area contributed by atoms with Gasteiger partial charge < -0.3 is 34.9 Å². The maximum absolute atomic E-state index is 13.6. The van der Waals surface area contributed by atoms with Gasteiger partial charge in [-0.2, -0.15) is 0 Å². The number of nitrogens with two attached hydrogens (primary N) is 1. The van der Waals surface area contributed by atoms with Crippen LogP contribution in [0.25, 0.3) is 0 Å². The van der Waals surface area contributed by atoms with Crippen LogP contribution >= 0.6 is 12.4 Å². The zero-order valence-electron chi connectivity index (χ0n) is 25.4. The Morgan fingerprint density at radius 2 is 1.84 bits per heavy atom. The molecule has 8 bridgehead atoms. The number of rotatable bonds is 6. The maximum atomic E-state index is 13.6. The normalized spacial score (nSPS) is 16.5. The van der Waals surface area contributed by atoms with E-state index >= 15 is 0 Å².